The molecule has 0 N–H and O–H groups in total. The summed E-state index contributed by atoms with van der Waals surface area (Å²) in [6.45, 7) is 7.19. The Labute approximate surface area is 213 Å². The van der Waals surface area contributed by atoms with Crippen LogP contribution in [0.25, 0.3) is 22.2 Å². The first-order valence-corrected chi connectivity index (χ1v) is 12.2. The molecule has 2 heterocycles. The molecule has 1 fully saturated rings. The Balaban J connectivity index is 1.61. The van der Waals surface area contributed by atoms with Gasteiger partial charge in [-0.2, -0.15) is 0 Å². The third-order valence-corrected chi connectivity index (χ3v) is 6.79. The summed E-state index contributed by atoms with van der Waals surface area (Å²) in [6, 6.07) is 11.2. The quantitative estimate of drug-likeness (QED) is 0.333. The van der Waals surface area contributed by atoms with Crippen LogP contribution in [0.3, 0.4) is 0 Å². The summed E-state index contributed by atoms with van der Waals surface area (Å²) in [4.78, 5) is 44.5. The lowest BCUT2D eigenvalue weighted by Crippen LogP contribution is -2.55. The zero-order valence-electron chi connectivity index (χ0n) is 20.4. The van der Waals surface area contributed by atoms with E-state index in [1.54, 1.807) is 40.1 Å². The highest BCUT2D eigenvalue weighted by atomic mass is 35.5. The molecule has 9 nitrogen and oxygen atoms in total. The molecule has 0 bridgehead atoms. The van der Waals surface area contributed by atoms with E-state index in [1.807, 2.05) is 20.8 Å². The van der Waals surface area contributed by atoms with E-state index in [2.05, 4.69) is 0 Å². The van der Waals surface area contributed by atoms with Crippen LogP contribution in [0.5, 0.6) is 0 Å². The predicted molar refractivity (Wildman–Crippen MR) is 137 cm³/mol. The maximum absolute atomic E-state index is 13.3. The molecule has 1 aliphatic heterocycles. The molecule has 0 spiro atoms. The molecule has 1 saturated heterocycles. The van der Waals surface area contributed by atoms with Gasteiger partial charge in [0.05, 0.1) is 27.8 Å². The van der Waals surface area contributed by atoms with E-state index in [0.717, 1.165) is 6.42 Å². The highest BCUT2D eigenvalue weighted by Gasteiger charge is 2.31. The number of hydrogen-bond donors (Lipinski definition) is 0. The lowest BCUT2D eigenvalue weighted by atomic mass is 10.0. The van der Waals surface area contributed by atoms with Crippen LogP contribution < -0.4 is 0 Å². The number of pyridine rings is 1. The third-order valence-electron chi connectivity index (χ3n) is 6.31. The Morgan fingerprint density at radius 3 is 2.69 bits per heavy atom. The van der Waals surface area contributed by atoms with Gasteiger partial charge in [0, 0.05) is 54.3 Å². The minimum atomic E-state index is -0.456. The van der Waals surface area contributed by atoms with E-state index in [1.165, 1.54) is 12.1 Å². The second-order valence-electron chi connectivity index (χ2n) is 8.85. The van der Waals surface area contributed by atoms with Gasteiger partial charge in [-0.3, -0.25) is 14.9 Å². The van der Waals surface area contributed by atoms with Crippen molar-refractivity contribution < 1.29 is 19.2 Å². The Morgan fingerprint density at radius 2 is 2.00 bits per heavy atom. The molecular formula is C26H27ClN4O5. The average molecular weight is 511 g/mol. The number of carbonyl (C=O) groups is 2. The maximum atomic E-state index is 13.3. The van der Waals surface area contributed by atoms with E-state index in [-0.39, 0.29) is 23.7 Å². The van der Waals surface area contributed by atoms with Crippen LogP contribution in [0.4, 0.5) is 10.5 Å². The van der Waals surface area contributed by atoms with E-state index >= 15 is 0 Å². The van der Waals surface area contributed by atoms with Crippen molar-refractivity contribution in [2.45, 2.75) is 33.2 Å². The van der Waals surface area contributed by atoms with Gasteiger partial charge in [0.2, 0.25) is 0 Å². The van der Waals surface area contributed by atoms with Crippen molar-refractivity contribution in [1.29, 1.82) is 0 Å². The number of amides is 2. The zero-order valence-corrected chi connectivity index (χ0v) is 21.1. The number of aromatic nitrogens is 1. The largest absolute Gasteiger partial charge is 0.449 e. The van der Waals surface area contributed by atoms with E-state index in [9.17, 15) is 19.7 Å². The minimum Gasteiger partial charge on any atom is -0.449 e. The number of nitro benzene ring substituents is 1. The number of non-ortho nitro benzene ring substituents is 1. The summed E-state index contributed by atoms with van der Waals surface area (Å²) in [7, 11) is 0. The van der Waals surface area contributed by atoms with Gasteiger partial charge in [-0.15, -0.1) is 0 Å². The lowest BCUT2D eigenvalue weighted by Gasteiger charge is -2.39. The Bertz CT molecular complexity index is 1350. The molecule has 2 amide bonds. The van der Waals surface area contributed by atoms with Crippen LogP contribution in [0.15, 0.2) is 42.5 Å². The molecule has 1 aliphatic rings. The molecule has 188 valence electrons. The van der Waals surface area contributed by atoms with Gasteiger partial charge >= 0.3 is 6.09 Å². The number of rotatable bonds is 5. The Morgan fingerprint density at radius 1 is 1.22 bits per heavy atom. The molecular weight excluding hydrogens is 484 g/mol. The molecule has 36 heavy (non-hydrogen) atoms. The summed E-state index contributed by atoms with van der Waals surface area (Å²) >= 11 is 6.65. The maximum Gasteiger partial charge on any atom is 0.410 e. The van der Waals surface area contributed by atoms with Gasteiger partial charge < -0.3 is 14.5 Å². The predicted octanol–water partition coefficient (Wildman–Crippen LogP) is 5.46. The molecule has 2 aromatic carbocycles. The number of carbonyl (C=O) groups excluding carboxylic acids is 2. The molecule has 1 atom stereocenters. The van der Waals surface area contributed by atoms with Gasteiger partial charge in [0.25, 0.3) is 11.6 Å². The van der Waals surface area contributed by atoms with Crippen LogP contribution in [0.2, 0.25) is 5.02 Å². The van der Waals surface area contributed by atoms with Gasteiger partial charge in [-0.05, 0) is 38.0 Å². The number of hydrogen-bond acceptors (Lipinski definition) is 6. The van der Waals surface area contributed by atoms with E-state index in [0.29, 0.717) is 64.6 Å². The van der Waals surface area contributed by atoms with Crippen LogP contribution in [-0.4, -0.2) is 64.0 Å². The van der Waals surface area contributed by atoms with Crippen molar-refractivity contribution in [2.24, 2.45) is 0 Å². The van der Waals surface area contributed by atoms with Crippen LogP contribution in [0.1, 0.15) is 36.2 Å². The monoisotopic (exact) mass is 510 g/mol. The van der Waals surface area contributed by atoms with E-state index < -0.39 is 4.92 Å². The number of nitrogens with zero attached hydrogens (tertiary/aromatic N) is 4. The fourth-order valence-corrected chi connectivity index (χ4v) is 4.62. The van der Waals surface area contributed by atoms with Gasteiger partial charge in [0.15, 0.2) is 0 Å². The standard InChI is InChI=1S/C26H27ClN4O5/c1-4-12-36-26(33)30-11-10-29(15-16(30)2)25(32)19-8-9-21-22(14-19)28-24(17(3)23(21)27)18-6-5-7-20(13-18)31(34)35/h5-9,13-14,16H,4,10-12,15H2,1-3H3/t16-/m1/s1. The summed E-state index contributed by atoms with van der Waals surface area (Å²) in [5.41, 5.74) is 2.72. The van der Waals surface area contributed by atoms with Crippen molar-refractivity contribution in [3.8, 4) is 11.3 Å². The fraction of sp³-hybridized carbons (Fsp3) is 0.346. The third kappa shape index (κ3) is 4.97. The zero-order chi connectivity index (χ0) is 26.0. The van der Waals surface area contributed by atoms with Crippen LogP contribution in [0, 0.1) is 17.0 Å². The molecule has 3 aromatic rings. The second kappa shape index (κ2) is 10.5. The number of fused-ring (bicyclic) bond motifs is 1. The first-order valence-electron chi connectivity index (χ1n) is 11.8. The lowest BCUT2D eigenvalue weighted by molar-refractivity contribution is -0.384. The van der Waals surface area contributed by atoms with Gasteiger partial charge in [0.1, 0.15) is 0 Å². The average Bonchev–Trinajstić information content (AvgIpc) is 2.88. The van der Waals surface area contributed by atoms with Crippen molar-refractivity contribution in [3.05, 3.63) is 68.7 Å². The molecule has 0 unspecified atom stereocenters. The van der Waals surface area contributed by atoms with E-state index in [4.69, 9.17) is 21.3 Å². The second-order valence-corrected chi connectivity index (χ2v) is 9.22. The summed E-state index contributed by atoms with van der Waals surface area (Å²) < 4.78 is 5.24. The SMILES string of the molecule is CCCOC(=O)N1CCN(C(=O)c2ccc3c(Cl)c(C)c(-c4cccc([N+](=O)[O-])c4)nc3c2)C[C@H]1C. The molecule has 0 saturated carbocycles. The van der Waals surface area contributed by atoms with Crippen LogP contribution >= 0.6 is 11.6 Å². The topological polar surface area (TPSA) is 106 Å². The first kappa shape index (κ1) is 25.4. The molecule has 0 aliphatic carbocycles. The number of nitro groups is 1. The summed E-state index contributed by atoms with van der Waals surface area (Å²) in [6.07, 6.45) is 0.395. The van der Waals surface area contributed by atoms with Gasteiger partial charge in [-0.1, -0.05) is 36.7 Å². The normalized spacial score (nSPS) is 15.7. The fourth-order valence-electron chi connectivity index (χ4n) is 4.37. The molecule has 4 rings (SSSR count). The highest BCUT2D eigenvalue weighted by molar-refractivity contribution is 6.36. The minimum absolute atomic E-state index is 0.0410. The number of benzene rings is 2. The molecule has 0 radical (unpaired) electrons. The van der Waals surface area contributed by atoms with Crippen molar-refractivity contribution in [3.63, 3.8) is 0 Å². The Kier molecular flexibility index (Phi) is 7.40. The number of ether oxygens (including phenoxy) is 1. The summed E-state index contributed by atoms with van der Waals surface area (Å²) in [5.74, 6) is -0.166. The van der Waals surface area contributed by atoms with Gasteiger partial charge in [-0.25, -0.2) is 9.78 Å². The Hall–Kier alpha value is -3.72. The first-order chi connectivity index (χ1) is 17.2. The van der Waals surface area contributed by atoms with Crippen LogP contribution in [-0.2, 0) is 4.74 Å². The van der Waals surface area contributed by atoms with Crippen molar-refractivity contribution >= 4 is 40.2 Å². The summed E-state index contributed by atoms with van der Waals surface area (Å²) in [5, 5.41) is 12.4. The smallest absolute Gasteiger partial charge is 0.410 e. The van der Waals surface area contributed by atoms with Crippen molar-refractivity contribution in [1.82, 2.24) is 14.8 Å². The molecule has 1 aromatic heterocycles. The highest BCUT2D eigenvalue weighted by Crippen LogP contribution is 2.34. The molecule has 10 heteroatoms. The number of piperazine rings is 1. The number of halogens is 1. The van der Waals surface area contributed by atoms with Crippen molar-refractivity contribution in [2.75, 3.05) is 26.2 Å².